The van der Waals surface area contributed by atoms with Crippen LogP contribution < -0.4 is 5.32 Å². The summed E-state index contributed by atoms with van der Waals surface area (Å²) < 4.78 is 37.8. The zero-order valence-electron chi connectivity index (χ0n) is 12.5. The molecule has 0 spiro atoms. The van der Waals surface area contributed by atoms with E-state index < -0.39 is 17.6 Å². The third-order valence-electron chi connectivity index (χ3n) is 3.84. The first-order valence-corrected chi connectivity index (χ1v) is 7.64. The van der Waals surface area contributed by atoms with Gasteiger partial charge in [-0.2, -0.15) is 13.2 Å². The van der Waals surface area contributed by atoms with Crippen molar-refractivity contribution in [3.8, 4) is 0 Å². The van der Waals surface area contributed by atoms with Crippen LogP contribution in [0.2, 0.25) is 0 Å². The summed E-state index contributed by atoms with van der Waals surface area (Å²) in [7, 11) is 0. The molecule has 22 heavy (non-hydrogen) atoms. The molecule has 0 unspecified atom stereocenters. The van der Waals surface area contributed by atoms with Gasteiger partial charge < -0.3 is 10.2 Å². The van der Waals surface area contributed by atoms with Gasteiger partial charge >= 0.3 is 6.18 Å². The van der Waals surface area contributed by atoms with Gasteiger partial charge in [0.2, 0.25) is 0 Å². The molecule has 3 nitrogen and oxygen atoms in total. The van der Waals surface area contributed by atoms with Crippen LogP contribution in [0.15, 0.2) is 24.3 Å². The summed E-state index contributed by atoms with van der Waals surface area (Å²) in [5, 5.41) is 2.68. The van der Waals surface area contributed by atoms with Gasteiger partial charge in [-0.05, 0) is 63.5 Å². The highest BCUT2D eigenvalue weighted by molar-refractivity contribution is 5.94. The highest BCUT2D eigenvalue weighted by Gasteiger charge is 2.30. The molecule has 6 heteroatoms. The van der Waals surface area contributed by atoms with Crippen LogP contribution in [-0.2, 0) is 6.18 Å². The van der Waals surface area contributed by atoms with Gasteiger partial charge in [0.1, 0.15) is 0 Å². The molecule has 122 valence electrons. The Balaban J connectivity index is 1.72. The molecule has 1 fully saturated rings. The number of rotatable bonds is 6. The van der Waals surface area contributed by atoms with E-state index in [1.54, 1.807) is 0 Å². The maximum atomic E-state index is 12.6. The predicted octanol–water partition coefficient (Wildman–Crippen LogP) is 3.31. The lowest BCUT2D eigenvalue weighted by molar-refractivity contribution is -0.137. The van der Waals surface area contributed by atoms with Crippen molar-refractivity contribution in [3.05, 3.63) is 35.4 Å². The number of unbranched alkanes of at least 4 members (excludes halogenated alkanes) is 1. The van der Waals surface area contributed by atoms with E-state index in [2.05, 4.69) is 10.2 Å². The molecule has 0 radical (unpaired) electrons. The van der Waals surface area contributed by atoms with E-state index in [1.807, 2.05) is 0 Å². The molecule has 1 amide bonds. The summed E-state index contributed by atoms with van der Waals surface area (Å²) in [5.74, 6) is -0.452. The van der Waals surface area contributed by atoms with Gasteiger partial charge in [0.25, 0.3) is 5.91 Å². The lowest BCUT2D eigenvalue weighted by Crippen LogP contribution is -2.26. The van der Waals surface area contributed by atoms with Crippen molar-refractivity contribution < 1.29 is 18.0 Å². The van der Waals surface area contributed by atoms with Gasteiger partial charge in [0.05, 0.1) is 5.56 Å². The average Bonchev–Trinajstić information content (AvgIpc) is 2.99. The molecule has 1 aromatic rings. The summed E-state index contributed by atoms with van der Waals surface area (Å²) in [5.41, 5.74) is -0.747. The van der Waals surface area contributed by atoms with E-state index in [-0.39, 0.29) is 5.56 Å². The number of carbonyl (C=O) groups excluding carboxylic acids is 1. The van der Waals surface area contributed by atoms with Crippen molar-refractivity contribution in [1.29, 1.82) is 0 Å². The van der Waals surface area contributed by atoms with Gasteiger partial charge in [0, 0.05) is 12.1 Å². The summed E-state index contributed by atoms with van der Waals surface area (Å²) in [4.78, 5) is 14.3. The molecule has 0 bridgehead atoms. The first-order valence-electron chi connectivity index (χ1n) is 7.64. The zero-order valence-corrected chi connectivity index (χ0v) is 12.5. The Morgan fingerprint density at radius 3 is 2.59 bits per heavy atom. The fourth-order valence-electron chi connectivity index (χ4n) is 2.61. The lowest BCUT2D eigenvalue weighted by Gasteiger charge is -2.14. The predicted molar refractivity (Wildman–Crippen MR) is 78.7 cm³/mol. The number of alkyl halides is 3. The molecular formula is C16H21F3N2O. The monoisotopic (exact) mass is 314 g/mol. The maximum Gasteiger partial charge on any atom is 0.416 e. The zero-order chi connectivity index (χ0) is 16.0. The lowest BCUT2D eigenvalue weighted by atomic mass is 10.1. The van der Waals surface area contributed by atoms with Crippen molar-refractivity contribution in [2.45, 2.75) is 31.9 Å². The average molecular weight is 314 g/mol. The molecule has 2 rings (SSSR count). The Hall–Kier alpha value is -1.56. The van der Waals surface area contributed by atoms with E-state index in [0.717, 1.165) is 44.6 Å². The molecule has 1 heterocycles. The van der Waals surface area contributed by atoms with Crippen LogP contribution in [0.1, 0.15) is 41.6 Å². The topological polar surface area (TPSA) is 32.3 Å². The van der Waals surface area contributed by atoms with Crippen LogP contribution in [-0.4, -0.2) is 37.0 Å². The molecule has 0 aliphatic carbocycles. The van der Waals surface area contributed by atoms with Gasteiger partial charge in [-0.1, -0.05) is 6.07 Å². The van der Waals surface area contributed by atoms with Crippen molar-refractivity contribution in [3.63, 3.8) is 0 Å². The number of hydrogen-bond acceptors (Lipinski definition) is 2. The van der Waals surface area contributed by atoms with Crippen molar-refractivity contribution in [1.82, 2.24) is 10.2 Å². The summed E-state index contributed by atoms with van der Waals surface area (Å²) in [6.45, 7) is 3.82. The largest absolute Gasteiger partial charge is 0.416 e. The molecular weight excluding hydrogens is 293 g/mol. The number of halogens is 3. The Kier molecular flexibility index (Phi) is 5.83. The highest BCUT2D eigenvalue weighted by atomic mass is 19.4. The highest BCUT2D eigenvalue weighted by Crippen LogP contribution is 2.29. The fourth-order valence-corrected chi connectivity index (χ4v) is 2.61. The van der Waals surface area contributed by atoms with Gasteiger partial charge in [-0.3, -0.25) is 4.79 Å². The number of benzene rings is 1. The van der Waals surface area contributed by atoms with Gasteiger partial charge in [-0.15, -0.1) is 0 Å². The fraction of sp³-hybridized carbons (Fsp3) is 0.562. The number of carbonyl (C=O) groups is 1. The standard InChI is InChI=1S/C16H21F3N2O/c17-16(18,19)14-7-5-6-13(12-14)15(22)20-8-1-2-9-21-10-3-4-11-21/h5-7,12H,1-4,8-11H2,(H,20,22). The third-order valence-corrected chi connectivity index (χ3v) is 3.84. The number of likely N-dealkylation sites (tertiary alicyclic amines) is 1. The van der Waals surface area contributed by atoms with Crippen LogP contribution in [0, 0.1) is 0 Å². The number of hydrogen-bond donors (Lipinski definition) is 1. The minimum atomic E-state index is -4.42. The van der Waals surface area contributed by atoms with Crippen LogP contribution in [0.3, 0.4) is 0 Å². The second-order valence-electron chi connectivity index (χ2n) is 5.59. The molecule has 0 atom stereocenters. The van der Waals surface area contributed by atoms with E-state index in [4.69, 9.17) is 0 Å². The number of nitrogens with zero attached hydrogens (tertiary/aromatic N) is 1. The van der Waals surface area contributed by atoms with Crippen molar-refractivity contribution in [2.75, 3.05) is 26.2 Å². The molecule has 1 N–H and O–H groups in total. The van der Waals surface area contributed by atoms with E-state index in [0.29, 0.717) is 6.54 Å². The Morgan fingerprint density at radius 1 is 1.18 bits per heavy atom. The molecule has 1 aliphatic heterocycles. The number of amides is 1. The molecule has 1 aromatic carbocycles. The maximum absolute atomic E-state index is 12.6. The first kappa shape index (κ1) is 16.8. The van der Waals surface area contributed by atoms with Crippen LogP contribution in [0.25, 0.3) is 0 Å². The van der Waals surface area contributed by atoms with Crippen LogP contribution >= 0.6 is 0 Å². The molecule has 1 saturated heterocycles. The molecule has 0 saturated carbocycles. The third kappa shape index (κ3) is 5.02. The summed E-state index contributed by atoms with van der Waals surface area (Å²) in [6, 6.07) is 4.51. The second kappa shape index (κ2) is 7.63. The van der Waals surface area contributed by atoms with E-state index in [9.17, 15) is 18.0 Å². The van der Waals surface area contributed by atoms with Gasteiger partial charge in [-0.25, -0.2) is 0 Å². The Labute approximate surface area is 128 Å². The summed E-state index contributed by atoms with van der Waals surface area (Å²) in [6.07, 6.45) is -0.0886. The smallest absolute Gasteiger partial charge is 0.352 e. The minimum absolute atomic E-state index is 0.0503. The Morgan fingerprint density at radius 2 is 1.91 bits per heavy atom. The Bertz CT molecular complexity index is 496. The summed E-state index contributed by atoms with van der Waals surface area (Å²) >= 11 is 0. The van der Waals surface area contributed by atoms with Crippen LogP contribution in [0.5, 0.6) is 0 Å². The first-order chi connectivity index (χ1) is 10.5. The van der Waals surface area contributed by atoms with E-state index >= 15 is 0 Å². The van der Waals surface area contributed by atoms with Crippen LogP contribution in [0.4, 0.5) is 13.2 Å². The second-order valence-corrected chi connectivity index (χ2v) is 5.59. The number of nitrogens with one attached hydrogen (secondary N) is 1. The van der Waals surface area contributed by atoms with Crippen molar-refractivity contribution >= 4 is 5.91 Å². The van der Waals surface area contributed by atoms with Crippen molar-refractivity contribution in [2.24, 2.45) is 0 Å². The molecule has 1 aliphatic rings. The van der Waals surface area contributed by atoms with Gasteiger partial charge in [0.15, 0.2) is 0 Å². The molecule has 0 aromatic heterocycles. The van der Waals surface area contributed by atoms with E-state index in [1.165, 1.54) is 25.0 Å². The quantitative estimate of drug-likeness (QED) is 0.817. The SMILES string of the molecule is O=C(NCCCCN1CCCC1)c1cccc(C(F)(F)F)c1. The minimum Gasteiger partial charge on any atom is -0.352 e. The normalized spacial score (nSPS) is 16.0.